The molecule has 0 saturated heterocycles. The fourth-order valence-corrected chi connectivity index (χ4v) is 3.23. The molecular weight excluding hydrogens is 384 g/mol. The van der Waals surface area contributed by atoms with Crippen molar-refractivity contribution >= 4 is 34.4 Å². The van der Waals surface area contributed by atoms with Gasteiger partial charge < -0.3 is 10.2 Å². The van der Waals surface area contributed by atoms with Gasteiger partial charge in [-0.3, -0.25) is 24.6 Å². The number of carbonyl (C=O) groups excluding carboxylic acids is 2. The van der Waals surface area contributed by atoms with Gasteiger partial charge in [0.2, 0.25) is 0 Å². The summed E-state index contributed by atoms with van der Waals surface area (Å²) in [5.74, 6) is -0.705. The first-order chi connectivity index (χ1) is 14.2. The maximum atomic E-state index is 13.1. The zero-order valence-electron chi connectivity index (χ0n) is 17.4. The first-order valence-corrected chi connectivity index (χ1v) is 9.58. The highest BCUT2D eigenvalue weighted by Gasteiger charge is 2.39. The van der Waals surface area contributed by atoms with Crippen LogP contribution in [0.4, 0.5) is 17.1 Å². The van der Waals surface area contributed by atoms with Crippen molar-refractivity contribution in [2.24, 2.45) is 5.92 Å². The van der Waals surface area contributed by atoms with Gasteiger partial charge in [-0.15, -0.1) is 0 Å². The van der Waals surface area contributed by atoms with Crippen LogP contribution in [0.15, 0.2) is 54.2 Å². The Kier molecular flexibility index (Phi) is 5.86. The van der Waals surface area contributed by atoms with Crippen LogP contribution in [0.2, 0.25) is 0 Å². The SMILES string of the molecule is CC(C)CN1C(=O)C(Nc2ccc(N(C)C)cc2)=C(c2ccc([N+](=O)[O-])cc2)C1=O. The van der Waals surface area contributed by atoms with Crippen molar-refractivity contribution in [1.82, 2.24) is 4.90 Å². The normalized spacial score (nSPS) is 14.0. The van der Waals surface area contributed by atoms with E-state index in [1.54, 1.807) is 0 Å². The average Bonchev–Trinajstić information content (AvgIpc) is 2.92. The maximum Gasteiger partial charge on any atom is 0.278 e. The Labute approximate surface area is 174 Å². The third kappa shape index (κ3) is 4.17. The van der Waals surface area contributed by atoms with Crippen molar-refractivity contribution in [3.63, 3.8) is 0 Å². The highest BCUT2D eigenvalue weighted by Crippen LogP contribution is 2.32. The van der Waals surface area contributed by atoms with Crippen LogP contribution in [-0.4, -0.2) is 42.3 Å². The first kappa shape index (κ1) is 21.0. The van der Waals surface area contributed by atoms with E-state index in [1.165, 1.54) is 29.2 Å². The molecule has 0 aromatic heterocycles. The lowest BCUT2D eigenvalue weighted by molar-refractivity contribution is -0.384. The average molecular weight is 408 g/mol. The first-order valence-electron chi connectivity index (χ1n) is 9.58. The summed E-state index contributed by atoms with van der Waals surface area (Å²) in [4.78, 5) is 39.8. The van der Waals surface area contributed by atoms with E-state index in [2.05, 4.69) is 5.32 Å². The highest BCUT2D eigenvalue weighted by molar-refractivity contribution is 6.36. The molecule has 8 nitrogen and oxygen atoms in total. The molecule has 1 N–H and O–H groups in total. The van der Waals surface area contributed by atoms with Gasteiger partial charge in [-0.25, -0.2) is 0 Å². The van der Waals surface area contributed by atoms with Crippen LogP contribution >= 0.6 is 0 Å². The van der Waals surface area contributed by atoms with Crippen molar-refractivity contribution in [2.45, 2.75) is 13.8 Å². The molecule has 0 spiro atoms. The van der Waals surface area contributed by atoms with Gasteiger partial charge in [-0.2, -0.15) is 0 Å². The van der Waals surface area contributed by atoms with E-state index in [4.69, 9.17) is 0 Å². The molecular formula is C22H24N4O4. The van der Waals surface area contributed by atoms with Gasteiger partial charge in [0.1, 0.15) is 5.70 Å². The maximum absolute atomic E-state index is 13.1. The summed E-state index contributed by atoms with van der Waals surface area (Å²) >= 11 is 0. The third-order valence-electron chi connectivity index (χ3n) is 4.74. The molecule has 0 saturated carbocycles. The second kappa shape index (κ2) is 8.36. The van der Waals surface area contributed by atoms with E-state index >= 15 is 0 Å². The Balaban J connectivity index is 2.02. The van der Waals surface area contributed by atoms with Crippen molar-refractivity contribution in [3.8, 4) is 0 Å². The Morgan fingerprint density at radius 3 is 2.10 bits per heavy atom. The summed E-state index contributed by atoms with van der Waals surface area (Å²) in [5.41, 5.74) is 2.43. The summed E-state index contributed by atoms with van der Waals surface area (Å²) in [6, 6.07) is 13.1. The molecule has 0 aliphatic carbocycles. The smallest absolute Gasteiger partial charge is 0.278 e. The van der Waals surface area contributed by atoms with Crippen LogP contribution < -0.4 is 10.2 Å². The molecule has 0 radical (unpaired) electrons. The molecule has 156 valence electrons. The number of nitro groups is 1. The molecule has 3 rings (SSSR count). The van der Waals surface area contributed by atoms with Crippen LogP contribution in [0.1, 0.15) is 19.4 Å². The number of nitrogens with one attached hydrogen (secondary N) is 1. The van der Waals surface area contributed by atoms with E-state index in [9.17, 15) is 19.7 Å². The number of hydrogen-bond acceptors (Lipinski definition) is 6. The second-order valence-electron chi connectivity index (χ2n) is 7.74. The molecule has 0 bridgehead atoms. The highest BCUT2D eigenvalue weighted by atomic mass is 16.6. The zero-order valence-corrected chi connectivity index (χ0v) is 17.4. The molecule has 1 heterocycles. The third-order valence-corrected chi connectivity index (χ3v) is 4.74. The second-order valence-corrected chi connectivity index (χ2v) is 7.74. The van der Waals surface area contributed by atoms with Crippen LogP contribution in [-0.2, 0) is 9.59 Å². The Morgan fingerprint density at radius 2 is 1.60 bits per heavy atom. The minimum absolute atomic E-state index is 0.0797. The van der Waals surface area contributed by atoms with Crippen molar-refractivity contribution in [2.75, 3.05) is 30.9 Å². The molecule has 2 aromatic rings. The largest absolute Gasteiger partial charge is 0.378 e. The van der Waals surface area contributed by atoms with Gasteiger partial charge in [0.05, 0.1) is 10.5 Å². The molecule has 0 fully saturated rings. The lowest BCUT2D eigenvalue weighted by Gasteiger charge is -2.17. The van der Waals surface area contributed by atoms with Crippen LogP contribution in [0.3, 0.4) is 0 Å². The zero-order chi connectivity index (χ0) is 22.0. The van der Waals surface area contributed by atoms with Gasteiger partial charge in [0, 0.05) is 44.1 Å². The molecule has 2 aromatic carbocycles. The Hall–Kier alpha value is -3.68. The molecule has 0 unspecified atom stereocenters. The molecule has 2 amide bonds. The number of carbonyl (C=O) groups is 2. The molecule has 1 aliphatic heterocycles. The van der Waals surface area contributed by atoms with E-state index in [1.807, 2.05) is 57.1 Å². The fourth-order valence-electron chi connectivity index (χ4n) is 3.23. The lowest BCUT2D eigenvalue weighted by Crippen LogP contribution is -2.35. The number of rotatable bonds is 7. The van der Waals surface area contributed by atoms with E-state index in [-0.39, 0.29) is 22.9 Å². The van der Waals surface area contributed by atoms with E-state index < -0.39 is 16.7 Å². The summed E-state index contributed by atoms with van der Waals surface area (Å²) in [6.07, 6.45) is 0. The number of nitrogens with zero attached hydrogens (tertiary/aromatic N) is 3. The number of non-ortho nitro benzene ring substituents is 1. The molecule has 1 aliphatic rings. The fraction of sp³-hybridized carbons (Fsp3) is 0.273. The number of benzene rings is 2. The van der Waals surface area contributed by atoms with Crippen LogP contribution in [0.5, 0.6) is 0 Å². The molecule has 30 heavy (non-hydrogen) atoms. The predicted octanol–water partition coefficient (Wildman–Crippen LogP) is 3.51. The van der Waals surface area contributed by atoms with Crippen LogP contribution in [0.25, 0.3) is 5.57 Å². The van der Waals surface area contributed by atoms with Gasteiger partial charge in [0.15, 0.2) is 0 Å². The van der Waals surface area contributed by atoms with Gasteiger partial charge >= 0.3 is 0 Å². The lowest BCUT2D eigenvalue weighted by atomic mass is 10.0. The van der Waals surface area contributed by atoms with Crippen molar-refractivity contribution in [3.05, 3.63) is 69.9 Å². The monoisotopic (exact) mass is 408 g/mol. The Morgan fingerprint density at radius 1 is 1.00 bits per heavy atom. The minimum atomic E-state index is -0.504. The summed E-state index contributed by atoms with van der Waals surface area (Å²) in [5, 5.41) is 14.0. The van der Waals surface area contributed by atoms with E-state index in [0.717, 1.165) is 5.69 Å². The van der Waals surface area contributed by atoms with E-state index in [0.29, 0.717) is 17.8 Å². The standard InChI is InChI=1S/C22H24N4O4/c1-14(2)13-25-21(27)19(15-5-9-18(10-6-15)26(29)30)20(22(25)28)23-16-7-11-17(12-8-16)24(3)4/h5-12,14,23H,13H2,1-4H3. The number of anilines is 2. The number of amides is 2. The molecule has 8 heteroatoms. The molecule has 0 atom stereocenters. The Bertz CT molecular complexity index is 1010. The number of imide groups is 1. The van der Waals surface area contributed by atoms with Crippen molar-refractivity contribution < 1.29 is 14.5 Å². The summed E-state index contributed by atoms with van der Waals surface area (Å²) in [6.45, 7) is 4.15. The number of nitro benzene ring substituents is 1. The van der Waals surface area contributed by atoms with Crippen molar-refractivity contribution in [1.29, 1.82) is 0 Å². The van der Waals surface area contributed by atoms with Crippen LogP contribution in [0, 0.1) is 16.0 Å². The summed E-state index contributed by atoms with van der Waals surface area (Å²) in [7, 11) is 3.86. The summed E-state index contributed by atoms with van der Waals surface area (Å²) < 4.78 is 0. The number of hydrogen-bond donors (Lipinski definition) is 1. The van der Waals surface area contributed by atoms with Gasteiger partial charge in [-0.05, 0) is 47.9 Å². The topological polar surface area (TPSA) is 95.8 Å². The quantitative estimate of drug-likeness (QED) is 0.428. The minimum Gasteiger partial charge on any atom is -0.378 e. The predicted molar refractivity (Wildman–Crippen MR) is 116 cm³/mol. The van der Waals surface area contributed by atoms with Gasteiger partial charge in [0.25, 0.3) is 17.5 Å². The van der Waals surface area contributed by atoms with Gasteiger partial charge in [-0.1, -0.05) is 13.8 Å².